The van der Waals surface area contributed by atoms with Gasteiger partial charge in [0.05, 0.1) is 6.04 Å². The normalized spacial score (nSPS) is 12.3. The van der Waals surface area contributed by atoms with Gasteiger partial charge in [0, 0.05) is 30.1 Å². The molecule has 1 amide bonds. The van der Waals surface area contributed by atoms with Gasteiger partial charge in [0.1, 0.15) is 5.78 Å². The number of H-pyrrole nitrogens is 1. The van der Waals surface area contributed by atoms with E-state index >= 15 is 0 Å². The van der Waals surface area contributed by atoms with Crippen molar-refractivity contribution in [3.8, 4) is 0 Å². The molecule has 112 valence electrons. The zero-order valence-electron chi connectivity index (χ0n) is 12.2. The summed E-state index contributed by atoms with van der Waals surface area (Å²) < 4.78 is 0. The van der Waals surface area contributed by atoms with Crippen LogP contribution in [0.3, 0.4) is 0 Å². The van der Waals surface area contributed by atoms with Crippen molar-refractivity contribution in [1.29, 1.82) is 0 Å². The zero-order valence-corrected chi connectivity index (χ0v) is 12.2. The fraction of sp³-hybridized carbons (Fsp3) is 0.375. The second kappa shape index (κ2) is 7.04. The molecule has 21 heavy (non-hydrogen) atoms. The SMILES string of the molecule is CC(=O)C(N)CCC(=O)NCCc1c[nH]c2ccccc12. The highest BCUT2D eigenvalue weighted by atomic mass is 16.1. The molecule has 4 N–H and O–H groups in total. The molecule has 0 fully saturated rings. The van der Waals surface area contributed by atoms with E-state index in [0.29, 0.717) is 13.0 Å². The van der Waals surface area contributed by atoms with Crippen molar-refractivity contribution in [1.82, 2.24) is 10.3 Å². The van der Waals surface area contributed by atoms with Crippen LogP contribution in [-0.4, -0.2) is 29.3 Å². The van der Waals surface area contributed by atoms with Gasteiger partial charge < -0.3 is 16.0 Å². The molecule has 0 bridgehead atoms. The third-order valence-electron chi connectivity index (χ3n) is 3.60. The van der Waals surface area contributed by atoms with E-state index in [9.17, 15) is 9.59 Å². The summed E-state index contributed by atoms with van der Waals surface area (Å²) in [6.45, 7) is 2.02. The largest absolute Gasteiger partial charge is 0.361 e. The summed E-state index contributed by atoms with van der Waals surface area (Å²) in [5, 5.41) is 4.05. The van der Waals surface area contributed by atoms with Crippen molar-refractivity contribution in [3.63, 3.8) is 0 Å². The van der Waals surface area contributed by atoms with Gasteiger partial charge in [-0.2, -0.15) is 0 Å². The predicted molar refractivity (Wildman–Crippen MR) is 82.9 cm³/mol. The summed E-state index contributed by atoms with van der Waals surface area (Å²) in [4.78, 5) is 25.9. The molecule has 2 rings (SSSR count). The first-order valence-electron chi connectivity index (χ1n) is 7.15. The summed E-state index contributed by atoms with van der Waals surface area (Å²) in [7, 11) is 0. The van der Waals surface area contributed by atoms with Gasteiger partial charge in [0.15, 0.2) is 0 Å². The Hall–Kier alpha value is -2.14. The molecule has 0 radical (unpaired) electrons. The van der Waals surface area contributed by atoms with E-state index in [4.69, 9.17) is 5.73 Å². The Labute approximate surface area is 123 Å². The first-order chi connectivity index (χ1) is 10.1. The van der Waals surface area contributed by atoms with Crippen LogP contribution >= 0.6 is 0 Å². The Bertz CT molecular complexity index is 633. The summed E-state index contributed by atoms with van der Waals surface area (Å²) in [5.74, 6) is -0.145. The fourth-order valence-corrected chi connectivity index (χ4v) is 2.25. The number of ketones is 1. The van der Waals surface area contributed by atoms with Crippen LogP contribution in [0.25, 0.3) is 10.9 Å². The minimum absolute atomic E-state index is 0.0634. The Balaban J connectivity index is 1.76. The number of hydrogen-bond donors (Lipinski definition) is 3. The molecule has 2 aromatic rings. The summed E-state index contributed by atoms with van der Waals surface area (Å²) in [6.07, 6.45) is 3.43. The maximum absolute atomic E-state index is 11.7. The van der Waals surface area contributed by atoms with Crippen molar-refractivity contribution < 1.29 is 9.59 Å². The molecule has 0 saturated carbocycles. The van der Waals surface area contributed by atoms with Gasteiger partial charge in [0.2, 0.25) is 5.91 Å². The maximum atomic E-state index is 11.7. The third kappa shape index (κ3) is 4.16. The lowest BCUT2D eigenvalue weighted by Crippen LogP contribution is -2.32. The van der Waals surface area contributed by atoms with Gasteiger partial charge in [-0.05, 0) is 31.4 Å². The number of nitrogens with two attached hydrogens (primary N) is 1. The smallest absolute Gasteiger partial charge is 0.220 e. The van der Waals surface area contributed by atoms with Crippen molar-refractivity contribution in [2.75, 3.05) is 6.54 Å². The van der Waals surface area contributed by atoms with Crippen LogP contribution in [-0.2, 0) is 16.0 Å². The van der Waals surface area contributed by atoms with Crippen LogP contribution in [0.4, 0.5) is 0 Å². The number of hydrogen-bond acceptors (Lipinski definition) is 3. The molecule has 5 heteroatoms. The molecule has 1 aromatic carbocycles. The number of amides is 1. The van der Waals surface area contributed by atoms with Gasteiger partial charge in [-0.3, -0.25) is 9.59 Å². The Kier molecular flexibility index (Phi) is 5.11. The average Bonchev–Trinajstić information content (AvgIpc) is 2.88. The molecule has 0 aliphatic heterocycles. The minimum atomic E-state index is -0.538. The van der Waals surface area contributed by atoms with E-state index in [0.717, 1.165) is 11.9 Å². The lowest BCUT2D eigenvalue weighted by molar-refractivity contribution is -0.121. The number of rotatable bonds is 7. The van der Waals surface area contributed by atoms with Gasteiger partial charge >= 0.3 is 0 Å². The number of para-hydroxylation sites is 1. The van der Waals surface area contributed by atoms with Crippen molar-refractivity contribution in [3.05, 3.63) is 36.0 Å². The number of benzene rings is 1. The zero-order chi connectivity index (χ0) is 15.2. The summed E-state index contributed by atoms with van der Waals surface area (Å²) >= 11 is 0. The number of nitrogens with one attached hydrogen (secondary N) is 2. The Morgan fingerprint density at radius 2 is 2.10 bits per heavy atom. The number of aromatic nitrogens is 1. The molecule has 1 heterocycles. The molecule has 1 atom stereocenters. The first kappa shape index (κ1) is 15.3. The average molecular weight is 287 g/mol. The van der Waals surface area contributed by atoms with E-state index in [-0.39, 0.29) is 18.1 Å². The molecular formula is C16H21N3O2. The van der Waals surface area contributed by atoms with E-state index in [1.54, 1.807) is 0 Å². The molecule has 0 aliphatic carbocycles. The lowest BCUT2D eigenvalue weighted by atomic mass is 10.1. The lowest BCUT2D eigenvalue weighted by Gasteiger charge is -2.08. The topological polar surface area (TPSA) is 88.0 Å². The van der Waals surface area contributed by atoms with Crippen LogP contribution in [0, 0.1) is 0 Å². The second-order valence-corrected chi connectivity index (χ2v) is 5.22. The fourth-order valence-electron chi connectivity index (χ4n) is 2.25. The number of fused-ring (bicyclic) bond motifs is 1. The second-order valence-electron chi connectivity index (χ2n) is 5.22. The van der Waals surface area contributed by atoms with Crippen molar-refractivity contribution >= 4 is 22.6 Å². The quantitative estimate of drug-likeness (QED) is 0.721. The van der Waals surface area contributed by atoms with E-state index < -0.39 is 6.04 Å². The van der Waals surface area contributed by atoms with Crippen molar-refractivity contribution in [2.24, 2.45) is 5.73 Å². The van der Waals surface area contributed by atoms with Crippen LogP contribution in [0.1, 0.15) is 25.3 Å². The monoisotopic (exact) mass is 287 g/mol. The van der Waals surface area contributed by atoms with Gasteiger partial charge in [-0.15, -0.1) is 0 Å². The van der Waals surface area contributed by atoms with Gasteiger partial charge in [0.25, 0.3) is 0 Å². The highest BCUT2D eigenvalue weighted by Gasteiger charge is 2.10. The molecule has 0 spiro atoms. The number of aromatic amines is 1. The Morgan fingerprint density at radius 1 is 1.33 bits per heavy atom. The standard InChI is InChI=1S/C16H21N3O2/c1-11(20)14(17)6-7-16(21)18-9-8-12-10-19-15-5-3-2-4-13(12)15/h2-5,10,14,19H,6-9,17H2,1H3,(H,18,21). The van der Waals surface area contributed by atoms with Crippen LogP contribution in [0.15, 0.2) is 30.5 Å². The third-order valence-corrected chi connectivity index (χ3v) is 3.60. The number of carbonyl (C=O) groups excluding carboxylic acids is 2. The predicted octanol–water partition coefficient (Wildman–Crippen LogP) is 1.52. The van der Waals surface area contributed by atoms with Gasteiger partial charge in [-0.1, -0.05) is 18.2 Å². The Morgan fingerprint density at radius 3 is 2.86 bits per heavy atom. The highest BCUT2D eigenvalue weighted by Crippen LogP contribution is 2.17. The summed E-state index contributed by atoms with van der Waals surface area (Å²) in [5.41, 5.74) is 7.89. The molecule has 0 saturated heterocycles. The maximum Gasteiger partial charge on any atom is 0.220 e. The molecule has 5 nitrogen and oxygen atoms in total. The van der Waals surface area contributed by atoms with Crippen molar-refractivity contribution in [2.45, 2.75) is 32.2 Å². The molecular weight excluding hydrogens is 266 g/mol. The molecule has 0 aliphatic rings. The minimum Gasteiger partial charge on any atom is -0.361 e. The highest BCUT2D eigenvalue weighted by molar-refractivity contribution is 5.83. The first-order valence-corrected chi connectivity index (χ1v) is 7.15. The van der Waals surface area contributed by atoms with E-state index in [1.165, 1.54) is 17.9 Å². The van der Waals surface area contributed by atoms with Gasteiger partial charge in [-0.25, -0.2) is 0 Å². The molecule has 1 aromatic heterocycles. The van der Waals surface area contributed by atoms with E-state index in [2.05, 4.69) is 16.4 Å². The van der Waals surface area contributed by atoms with Crippen LogP contribution < -0.4 is 11.1 Å². The van der Waals surface area contributed by atoms with Crippen LogP contribution in [0.5, 0.6) is 0 Å². The molecule has 1 unspecified atom stereocenters. The van der Waals surface area contributed by atoms with E-state index in [1.807, 2.05) is 24.4 Å². The number of carbonyl (C=O) groups is 2. The van der Waals surface area contributed by atoms with Crippen LogP contribution in [0.2, 0.25) is 0 Å². The summed E-state index contributed by atoms with van der Waals surface area (Å²) in [6, 6.07) is 7.55. The number of Topliss-reactive ketones (excluding diaryl/α,β-unsaturated/α-hetero) is 1.